The van der Waals surface area contributed by atoms with Gasteiger partial charge in [0, 0.05) is 12.3 Å². The van der Waals surface area contributed by atoms with Crippen molar-refractivity contribution in [2.24, 2.45) is 0 Å². The molecule has 0 atom stereocenters. The Morgan fingerprint density at radius 1 is 1.19 bits per heavy atom. The number of anilines is 1. The summed E-state index contributed by atoms with van der Waals surface area (Å²) in [5, 5.41) is 11.8. The average molecular weight is 364 g/mol. The smallest absolute Gasteiger partial charge is 0.330 e. The first-order valence-electron chi connectivity index (χ1n) is 8.57. The van der Waals surface area contributed by atoms with Crippen LogP contribution in [0.25, 0.3) is 0 Å². The van der Waals surface area contributed by atoms with Gasteiger partial charge in [-0.2, -0.15) is 5.26 Å². The van der Waals surface area contributed by atoms with Crippen molar-refractivity contribution in [3.63, 3.8) is 0 Å². The molecule has 0 spiro atoms. The molecule has 3 amide bonds. The molecule has 1 aromatic carbocycles. The Bertz CT molecular complexity index is 960. The highest BCUT2D eigenvalue weighted by molar-refractivity contribution is 6.22. The summed E-state index contributed by atoms with van der Waals surface area (Å²) in [5.41, 5.74) is 0.518. The topological polar surface area (TPSA) is 95.3 Å². The van der Waals surface area contributed by atoms with E-state index in [1.54, 1.807) is 32.0 Å². The van der Waals surface area contributed by atoms with Crippen molar-refractivity contribution in [1.29, 1.82) is 5.26 Å². The van der Waals surface area contributed by atoms with E-state index in [2.05, 4.69) is 16.4 Å². The van der Waals surface area contributed by atoms with E-state index < -0.39 is 11.6 Å². The molecular weight excluding hydrogens is 344 g/mol. The number of hydrogen-bond acceptors (Lipinski definition) is 5. The second-order valence-electron chi connectivity index (χ2n) is 7.16. The predicted molar refractivity (Wildman–Crippen MR) is 99.7 cm³/mol. The molecule has 138 valence electrons. The van der Waals surface area contributed by atoms with Crippen LogP contribution in [0.15, 0.2) is 36.5 Å². The van der Waals surface area contributed by atoms with Crippen LogP contribution < -0.4 is 15.0 Å². The van der Waals surface area contributed by atoms with Gasteiger partial charge >= 0.3 is 6.03 Å². The summed E-state index contributed by atoms with van der Waals surface area (Å²) < 4.78 is 5.87. The number of nitrogens with zero attached hydrogens (tertiary/aromatic N) is 3. The zero-order valence-electron chi connectivity index (χ0n) is 15.6. The summed E-state index contributed by atoms with van der Waals surface area (Å²) in [6.07, 6.45) is 1.48. The van der Waals surface area contributed by atoms with Gasteiger partial charge in [0.2, 0.25) is 0 Å². The highest BCUT2D eigenvalue weighted by atomic mass is 16.5. The fourth-order valence-electron chi connectivity index (χ4n) is 2.86. The van der Waals surface area contributed by atoms with Gasteiger partial charge in [0.05, 0.1) is 11.6 Å². The molecular formula is C20H20N4O3. The third kappa shape index (κ3) is 3.47. The zero-order valence-corrected chi connectivity index (χ0v) is 15.6. The highest BCUT2D eigenvalue weighted by Gasteiger charge is 2.45. The van der Waals surface area contributed by atoms with Gasteiger partial charge in [0.25, 0.3) is 5.91 Å². The lowest BCUT2D eigenvalue weighted by Gasteiger charge is -2.16. The maximum Gasteiger partial charge on any atom is 0.330 e. The minimum atomic E-state index is -0.977. The van der Waals surface area contributed by atoms with Crippen LogP contribution in [-0.4, -0.2) is 22.5 Å². The van der Waals surface area contributed by atoms with E-state index in [9.17, 15) is 14.9 Å². The van der Waals surface area contributed by atoms with Gasteiger partial charge in [0.1, 0.15) is 22.9 Å². The second kappa shape index (κ2) is 6.72. The van der Waals surface area contributed by atoms with Gasteiger partial charge in [-0.05, 0) is 49.6 Å². The number of imide groups is 1. The minimum Gasteiger partial charge on any atom is -0.457 e. The molecule has 1 aliphatic rings. The molecule has 0 aliphatic carbocycles. The van der Waals surface area contributed by atoms with Crippen molar-refractivity contribution in [1.82, 2.24) is 10.3 Å². The average Bonchev–Trinajstić information content (AvgIpc) is 2.82. The van der Waals surface area contributed by atoms with Crippen LogP contribution >= 0.6 is 0 Å². The molecule has 1 N–H and O–H groups in total. The van der Waals surface area contributed by atoms with E-state index in [1.807, 2.05) is 19.9 Å². The van der Waals surface area contributed by atoms with Crippen molar-refractivity contribution < 1.29 is 14.3 Å². The quantitative estimate of drug-likeness (QED) is 0.835. The Balaban J connectivity index is 1.90. The number of nitrogens with one attached hydrogen (secondary N) is 1. The Kier molecular flexibility index (Phi) is 4.58. The molecule has 3 rings (SSSR count). The number of hydrogen-bond donors (Lipinski definition) is 1. The highest BCUT2D eigenvalue weighted by Crippen LogP contribution is 2.30. The number of nitriles is 1. The number of urea groups is 1. The van der Waals surface area contributed by atoms with Crippen molar-refractivity contribution >= 4 is 17.8 Å². The molecule has 0 unspecified atom stereocenters. The molecule has 2 aromatic rings. The molecule has 2 heterocycles. The normalized spacial score (nSPS) is 15.6. The zero-order chi connectivity index (χ0) is 19.8. The molecule has 0 radical (unpaired) electrons. The molecule has 1 aliphatic heterocycles. The first-order valence-corrected chi connectivity index (χ1v) is 8.57. The van der Waals surface area contributed by atoms with Crippen molar-refractivity contribution in [2.75, 3.05) is 4.90 Å². The molecule has 0 bridgehead atoms. The van der Waals surface area contributed by atoms with Crippen LogP contribution in [0.2, 0.25) is 0 Å². The Labute approximate surface area is 157 Å². The number of benzene rings is 1. The Hall–Kier alpha value is -3.40. The van der Waals surface area contributed by atoms with Gasteiger partial charge in [0.15, 0.2) is 0 Å². The van der Waals surface area contributed by atoms with Crippen molar-refractivity contribution in [3.05, 3.63) is 47.7 Å². The first-order chi connectivity index (χ1) is 12.7. The van der Waals surface area contributed by atoms with Gasteiger partial charge in [-0.15, -0.1) is 0 Å². The number of pyridine rings is 1. The predicted octanol–water partition coefficient (Wildman–Crippen LogP) is 3.70. The fraction of sp³-hybridized carbons (Fsp3) is 0.300. The van der Waals surface area contributed by atoms with Gasteiger partial charge in [-0.1, -0.05) is 13.8 Å². The third-order valence-corrected chi connectivity index (χ3v) is 4.31. The van der Waals surface area contributed by atoms with Crippen LogP contribution in [0, 0.1) is 11.3 Å². The molecule has 7 nitrogen and oxygen atoms in total. The maximum absolute atomic E-state index is 12.4. The van der Waals surface area contributed by atoms with Crippen LogP contribution in [-0.2, 0) is 4.79 Å². The van der Waals surface area contributed by atoms with Crippen molar-refractivity contribution in [3.8, 4) is 17.6 Å². The maximum atomic E-state index is 12.4. The largest absolute Gasteiger partial charge is 0.457 e. The summed E-state index contributed by atoms with van der Waals surface area (Å²) >= 11 is 0. The lowest BCUT2D eigenvalue weighted by atomic mass is 9.98. The summed E-state index contributed by atoms with van der Waals surface area (Å²) in [4.78, 5) is 29.7. The van der Waals surface area contributed by atoms with Crippen LogP contribution in [0.1, 0.15) is 44.7 Å². The number of carbonyl (C=O) groups is 2. The van der Waals surface area contributed by atoms with Crippen LogP contribution in [0.3, 0.4) is 0 Å². The number of carbonyl (C=O) groups excluding carboxylic acids is 2. The summed E-state index contributed by atoms with van der Waals surface area (Å²) in [5.74, 6) is 0.984. The molecule has 7 heteroatoms. The number of amides is 3. The van der Waals surface area contributed by atoms with E-state index in [0.29, 0.717) is 17.1 Å². The molecule has 0 saturated carbocycles. The number of rotatable bonds is 4. The van der Waals surface area contributed by atoms with Crippen LogP contribution in [0.5, 0.6) is 11.5 Å². The van der Waals surface area contributed by atoms with Gasteiger partial charge in [-0.25, -0.2) is 14.7 Å². The monoisotopic (exact) mass is 364 g/mol. The Morgan fingerprint density at radius 3 is 2.48 bits per heavy atom. The van der Waals surface area contributed by atoms with E-state index in [4.69, 9.17) is 4.74 Å². The van der Waals surface area contributed by atoms with E-state index in [1.165, 1.54) is 12.3 Å². The molecule has 1 saturated heterocycles. The Morgan fingerprint density at radius 2 is 1.89 bits per heavy atom. The summed E-state index contributed by atoms with van der Waals surface area (Å²) in [6.45, 7) is 7.28. The van der Waals surface area contributed by atoms with E-state index >= 15 is 0 Å². The third-order valence-electron chi connectivity index (χ3n) is 4.31. The summed E-state index contributed by atoms with van der Waals surface area (Å²) in [7, 11) is 0. The minimum absolute atomic E-state index is 0.171. The molecule has 1 fully saturated rings. The second-order valence-corrected chi connectivity index (χ2v) is 7.16. The molecule has 27 heavy (non-hydrogen) atoms. The lowest BCUT2D eigenvalue weighted by molar-refractivity contribution is -0.121. The number of ether oxygens (including phenoxy) is 1. The van der Waals surface area contributed by atoms with E-state index in [-0.39, 0.29) is 17.6 Å². The first kappa shape index (κ1) is 18.4. The SMILES string of the molecule is CC(C)c1cc(Oc2ccnc(N3C(=O)NC(C)(C)C3=O)c2)ccc1C#N. The summed E-state index contributed by atoms with van der Waals surface area (Å²) in [6, 6.07) is 10.1. The van der Waals surface area contributed by atoms with Gasteiger partial charge < -0.3 is 10.1 Å². The molecule has 1 aromatic heterocycles. The van der Waals surface area contributed by atoms with Crippen molar-refractivity contribution in [2.45, 2.75) is 39.2 Å². The lowest BCUT2D eigenvalue weighted by Crippen LogP contribution is -2.40. The number of aromatic nitrogens is 1. The van der Waals surface area contributed by atoms with Crippen LogP contribution in [0.4, 0.5) is 10.6 Å². The van der Waals surface area contributed by atoms with E-state index in [0.717, 1.165) is 10.5 Å². The standard InChI is InChI=1S/C20H20N4O3/c1-12(2)16-9-14(6-5-13(16)11-21)27-15-7-8-22-17(10-15)24-18(25)20(3,4)23-19(24)26/h5-10,12H,1-4H3,(H,23,26). The fourth-order valence-corrected chi connectivity index (χ4v) is 2.86. The van der Waals surface area contributed by atoms with Gasteiger partial charge in [-0.3, -0.25) is 4.79 Å².